The van der Waals surface area contributed by atoms with Crippen molar-refractivity contribution < 1.29 is 13.2 Å². The van der Waals surface area contributed by atoms with E-state index in [1.807, 2.05) is 0 Å². The minimum absolute atomic E-state index is 0.0226. The highest BCUT2D eigenvalue weighted by atomic mass is 35.5. The van der Waals surface area contributed by atoms with Crippen molar-refractivity contribution in [1.29, 1.82) is 0 Å². The molecule has 0 N–H and O–H groups in total. The first kappa shape index (κ1) is 16.3. The molecule has 7 heteroatoms. The summed E-state index contributed by atoms with van der Waals surface area (Å²) >= 11 is 6.02. The molecule has 116 valence electrons. The molecule has 0 atom stereocenters. The standard InChI is InChI=1S/C14H19ClN2O3S/c1-10-9-14(11(2)8-13(10)15)21(19,20)17-6-4-16(5-7-17)12(3)18/h8-9H,4-7H2,1-3H3. The van der Waals surface area contributed by atoms with Crippen LogP contribution in [0.5, 0.6) is 0 Å². The normalized spacial score (nSPS) is 17.0. The number of nitrogens with zero attached hydrogens (tertiary/aromatic N) is 2. The lowest BCUT2D eigenvalue weighted by molar-refractivity contribution is -0.129. The minimum Gasteiger partial charge on any atom is -0.340 e. The number of carbonyl (C=O) groups excluding carboxylic acids is 1. The van der Waals surface area contributed by atoms with Gasteiger partial charge in [-0.05, 0) is 37.1 Å². The molecule has 0 spiro atoms. The van der Waals surface area contributed by atoms with E-state index in [1.165, 1.54) is 11.2 Å². The number of amides is 1. The van der Waals surface area contributed by atoms with Crippen molar-refractivity contribution >= 4 is 27.5 Å². The number of piperazine rings is 1. The molecule has 0 aromatic heterocycles. The molecule has 2 rings (SSSR count). The van der Waals surface area contributed by atoms with Crippen LogP contribution in [0.25, 0.3) is 0 Å². The quantitative estimate of drug-likeness (QED) is 0.831. The van der Waals surface area contributed by atoms with Gasteiger partial charge in [0.1, 0.15) is 0 Å². The maximum absolute atomic E-state index is 12.7. The van der Waals surface area contributed by atoms with E-state index < -0.39 is 10.0 Å². The van der Waals surface area contributed by atoms with Gasteiger partial charge in [0.25, 0.3) is 0 Å². The molecule has 1 aliphatic rings. The van der Waals surface area contributed by atoms with Crippen molar-refractivity contribution in [3.05, 3.63) is 28.3 Å². The molecule has 0 aliphatic carbocycles. The third-order valence-electron chi connectivity index (χ3n) is 3.76. The predicted molar refractivity (Wildman–Crippen MR) is 81.9 cm³/mol. The second kappa shape index (κ2) is 5.94. The lowest BCUT2D eigenvalue weighted by Gasteiger charge is -2.33. The zero-order chi connectivity index (χ0) is 15.8. The fourth-order valence-electron chi connectivity index (χ4n) is 2.41. The van der Waals surface area contributed by atoms with Crippen molar-refractivity contribution in [2.24, 2.45) is 0 Å². The molecule has 1 fully saturated rings. The van der Waals surface area contributed by atoms with E-state index in [1.54, 1.807) is 30.9 Å². The summed E-state index contributed by atoms with van der Waals surface area (Å²) < 4.78 is 26.9. The van der Waals surface area contributed by atoms with Crippen LogP contribution in [0, 0.1) is 13.8 Å². The number of carbonyl (C=O) groups is 1. The Labute approximate surface area is 130 Å². The van der Waals surface area contributed by atoms with Gasteiger partial charge in [-0.2, -0.15) is 4.31 Å². The highest BCUT2D eigenvalue weighted by Crippen LogP contribution is 2.26. The Kier molecular flexibility index (Phi) is 4.60. The molecular weight excluding hydrogens is 312 g/mol. The molecule has 21 heavy (non-hydrogen) atoms. The molecule has 1 saturated heterocycles. The van der Waals surface area contributed by atoms with Gasteiger partial charge in [-0.1, -0.05) is 11.6 Å². The fourth-order valence-corrected chi connectivity index (χ4v) is 4.35. The zero-order valence-electron chi connectivity index (χ0n) is 12.4. The number of rotatable bonds is 2. The first-order valence-electron chi connectivity index (χ1n) is 6.76. The van der Waals surface area contributed by atoms with Crippen molar-refractivity contribution in [1.82, 2.24) is 9.21 Å². The molecule has 1 aliphatic heterocycles. The van der Waals surface area contributed by atoms with Gasteiger partial charge < -0.3 is 4.90 Å². The molecule has 0 saturated carbocycles. The number of benzene rings is 1. The van der Waals surface area contributed by atoms with Gasteiger partial charge in [-0.25, -0.2) is 8.42 Å². The van der Waals surface area contributed by atoms with Crippen molar-refractivity contribution in [3.8, 4) is 0 Å². The van der Waals surface area contributed by atoms with Crippen molar-refractivity contribution in [2.75, 3.05) is 26.2 Å². The molecule has 0 radical (unpaired) electrons. The van der Waals surface area contributed by atoms with E-state index in [0.717, 1.165) is 5.56 Å². The Balaban J connectivity index is 2.28. The molecule has 1 heterocycles. The third-order valence-corrected chi connectivity index (χ3v) is 6.21. The van der Waals surface area contributed by atoms with Gasteiger partial charge in [-0.3, -0.25) is 4.79 Å². The summed E-state index contributed by atoms with van der Waals surface area (Å²) in [5, 5.41) is 0.563. The van der Waals surface area contributed by atoms with E-state index in [0.29, 0.717) is 41.7 Å². The topological polar surface area (TPSA) is 57.7 Å². The van der Waals surface area contributed by atoms with Gasteiger partial charge in [0.2, 0.25) is 15.9 Å². The van der Waals surface area contributed by atoms with Crippen LogP contribution in [0.2, 0.25) is 5.02 Å². The minimum atomic E-state index is -3.54. The van der Waals surface area contributed by atoms with Gasteiger partial charge in [0, 0.05) is 38.1 Å². The first-order chi connectivity index (χ1) is 9.73. The summed E-state index contributed by atoms with van der Waals surface area (Å²) in [6, 6.07) is 3.29. The Morgan fingerprint density at radius 1 is 1.10 bits per heavy atom. The smallest absolute Gasteiger partial charge is 0.243 e. The number of hydrogen-bond donors (Lipinski definition) is 0. The molecule has 0 bridgehead atoms. The van der Waals surface area contributed by atoms with Gasteiger partial charge in [0.05, 0.1) is 4.90 Å². The van der Waals surface area contributed by atoms with Crippen molar-refractivity contribution in [3.63, 3.8) is 0 Å². The van der Waals surface area contributed by atoms with Crippen LogP contribution in [0.4, 0.5) is 0 Å². The van der Waals surface area contributed by atoms with Crippen LogP contribution < -0.4 is 0 Å². The van der Waals surface area contributed by atoms with Gasteiger partial charge in [0.15, 0.2) is 0 Å². The summed E-state index contributed by atoms with van der Waals surface area (Å²) in [5.74, 6) is -0.0226. The maximum atomic E-state index is 12.7. The van der Waals surface area contributed by atoms with E-state index in [9.17, 15) is 13.2 Å². The Bertz CT molecular complexity index is 665. The van der Waals surface area contributed by atoms with Crippen molar-refractivity contribution in [2.45, 2.75) is 25.7 Å². The van der Waals surface area contributed by atoms with E-state index in [-0.39, 0.29) is 5.91 Å². The lowest BCUT2D eigenvalue weighted by atomic mass is 10.2. The summed E-state index contributed by atoms with van der Waals surface area (Å²) in [7, 11) is -3.54. The highest BCUT2D eigenvalue weighted by molar-refractivity contribution is 7.89. The number of sulfonamides is 1. The molecule has 1 aromatic carbocycles. The first-order valence-corrected chi connectivity index (χ1v) is 8.57. The predicted octanol–water partition coefficient (Wildman–Crippen LogP) is 1.81. The average Bonchev–Trinajstić information content (AvgIpc) is 2.42. The molecule has 0 unspecified atom stereocenters. The van der Waals surface area contributed by atoms with E-state index in [2.05, 4.69) is 0 Å². The Morgan fingerprint density at radius 2 is 1.67 bits per heavy atom. The molecule has 1 aromatic rings. The second-order valence-electron chi connectivity index (χ2n) is 5.28. The number of halogens is 1. The van der Waals surface area contributed by atoms with E-state index >= 15 is 0 Å². The second-order valence-corrected chi connectivity index (χ2v) is 7.59. The summed E-state index contributed by atoms with van der Waals surface area (Å²) in [5.41, 5.74) is 1.38. The molecule has 5 nitrogen and oxygen atoms in total. The molecular formula is C14H19ClN2O3S. The largest absolute Gasteiger partial charge is 0.340 e. The van der Waals surface area contributed by atoms with Crippen LogP contribution in [-0.4, -0.2) is 49.7 Å². The zero-order valence-corrected chi connectivity index (χ0v) is 14.0. The van der Waals surface area contributed by atoms with Crippen LogP contribution >= 0.6 is 11.6 Å². The number of hydrogen-bond acceptors (Lipinski definition) is 3. The van der Waals surface area contributed by atoms with Crippen LogP contribution in [0.1, 0.15) is 18.1 Å². The third kappa shape index (κ3) is 3.22. The summed E-state index contributed by atoms with van der Waals surface area (Å²) in [6.07, 6.45) is 0. The van der Waals surface area contributed by atoms with Crippen LogP contribution in [0.15, 0.2) is 17.0 Å². The molecule has 1 amide bonds. The average molecular weight is 331 g/mol. The van der Waals surface area contributed by atoms with Gasteiger partial charge >= 0.3 is 0 Å². The SMILES string of the molecule is CC(=O)N1CCN(S(=O)(=O)c2cc(C)c(Cl)cc2C)CC1. The van der Waals surface area contributed by atoms with Gasteiger partial charge in [-0.15, -0.1) is 0 Å². The van der Waals surface area contributed by atoms with E-state index in [4.69, 9.17) is 11.6 Å². The Morgan fingerprint density at radius 3 is 2.19 bits per heavy atom. The lowest BCUT2D eigenvalue weighted by Crippen LogP contribution is -2.50. The summed E-state index contributed by atoms with van der Waals surface area (Å²) in [4.78, 5) is 13.3. The van der Waals surface area contributed by atoms with Crippen LogP contribution in [0.3, 0.4) is 0 Å². The highest BCUT2D eigenvalue weighted by Gasteiger charge is 2.30. The monoisotopic (exact) mass is 330 g/mol. The Hall–Kier alpha value is -1.11. The maximum Gasteiger partial charge on any atom is 0.243 e. The number of aryl methyl sites for hydroxylation is 2. The summed E-state index contributed by atoms with van der Waals surface area (Å²) in [6.45, 7) is 6.53. The fraction of sp³-hybridized carbons (Fsp3) is 0.500. The van der Waals surface area contributed by atoms with Crippen LogP contribution in [-0.2, 0) is 14.8 Å².